The fourth-order valence-electron chi connectivity index (χ4n) is 3.67. The van der Waals surface area contributed by atoms with Gasteiger partial charge in [-0.05, 0) is 57.7 Å². The quantitative estimate of drug-likeness (QED) is 0.657. The summed E-state index contributed by atoms with van der Waals surface area (Å²) in [5.74, 6) is 0.868. The van der Waals surface area contributed by atoms with Crippen molar-refractivity contribution in [2.75, 3.05) is 32.8 Å². The van der Waals surface area contributed by atoms with Crippen LogP contribution in [0, 0.1) is 11.3 Å². The topological polar surface area (TPSA) is 64.6 Å². The van der Waals surface area contributed by atoms with E-state index in [1.54, 1.807) is 0 Å². The van der Waals surface area contributed by atoms with Crippen LogP contribution in [0.2, 0.25) is 0 Å². The molecular formula is C17H33N3O2. The first kappa shape index (κ1) is 17.5. The van der Waals surface area contributed by atoms with Gasteiger partial charge < -0.3 is 20.6 Å². The zero-order valence-electron chi connectivity index (χ0n) is 14.2. The molecule has 128 valence electrons. The maximum Gasteiger partial charge on any atom is 0.315 e. The van der Waals surface area contributed by atoms with Gasteiger partial charge in [-0.15, -0.1) is 0 Å². The molecule has 5 nitrogen and oxygen atoms in total. The van der Waals surface area contributed by atoms with Crippen molar-refractivity contribution in [3.05, 3.63) is 0 Å². The van der Waals surface area contributed by atoms with Crippen LogP contribution in [-0.4, -0.2) is 54.9 Å². The van der Waals surface area contributed by atoms with E-state index in [0.717, 1.165) is 44.7 Å². The van der Waals surface area contributed by atoms with Crippen molar-refractivity contribution >= 4 is 6.03 Å². The number of amides is 2. The second-order valence-corrected chi connectivity index (χ2v) is 7.53. The minimum Gasteiger partial charge on any atom is -0.396 e. The zero-order valence-corrected chi connectivity index (χ0v) is 14.2. The molecule has 0 aromatic heterocycles. The molecule has 1 aliphatic carbocycles. The molecule has 2 amide bonds. The molecule has 1 heterocycles. The Kier molecular flexibility index (Phi) is 6.50. The highest BCUT2D eigenvalue weighted by atomic mass is 16.3. The number of urea groups is 1. The van der Waals surface area contributed by atoms with E-state index < -0.39 is 0 Å². The summed E-state index contributed by atoms with van der Waals surface area (Å²) in [4.78, 5) is 14.5. The van der Waals surface area contributed by atoms with Gasteiger partial charge >= 0.3 is 6.03 Å². The summed E-state index contributed by atoms with van der Waals surface area (Å²) >= 11 is 0. The van der Waals surface area contributed by atoms with Crippen LogP contribution in [-0.2, 0) is 0 Å². The SMILES string of the molecule is CC1CCN(CCCNC(=O)NC2CCCC2(C)CO)CC1. The number of nitrogens with one attached hydrogen (secondary N) is 2. The zero-order chi connectivity index (χ0) is 16.0. The summed E-state index contributed by atoms with van der Waals surface area (Å²) in [6.07, 6.45) is 6.64. The van der Waals surface area contributed by atoms with Crippen LogP contribution in [0.1, 0.15) is 52.4 Å². The summed E-state index contributed by atoms with van der Waals surface area (Å²) in [5, 5.41) is 15.5. The molecule has 1 saturated carbocycles. The standard InChI is InChI=1S/C17H33N3O2/c1-14-6-11-20(12-7-14)10-4-9-18-16(22)19-15-5-3-8-17(15,2)13-21/h14-15,21H,3-13H2,1-2H3,(H2,18,19,22). The molecule has 2 atom stereocenters. The van der Waals surface area contributed by atoms with Gasteiger partial charge in [-0.25, -0.2) is 4.79 Å². The molecule has 2 unspecified atom stereocenters. The highest BCUT2D eigenvalue weighted by Crippen LogP contribution is 2.37. The van der Waals surface area contributed by atoms with E-state index in [-0.39, 0.29) is 24.1 Å². The fraction of sp³-hybridized carbons (Fsp3) is 0.941. The lowest BCUT2D eigenvalue weighted by atomic mass is 9.86. The van der Waals surface area contributed by atoms with Crippen LogP contribution in [0.5, 0.6) is 0 Å². The normalized spacial score (nSPS) is 30.4. The van der Waals surface area contributed by atoms with Crippen LogP contribution in [0.15, 0.2) is 0 Å². The Balaban J connectivity index is 1.58. The van der Waals surface area contributed by atoms with Crippen LogP contribution in [0.25, 0.3) is 0 Å². The van der Waals surface area contributed by atoms with Gasteiger partial charge in [-0.3, -0.25) is 0 Å². The third-order valence-electron chi connectivity index (χ3n) is 5.56. The molecule has 2 aliphatic rings. The van der Waals surface area contributed by atoms with Crippen LogP contribution in [0.3, 0.4) is 0 Å². The second kappa shape index (κ2) is 8.16. The number of aliphatic hydroxyl groups is 1. The number of hydrogen-bond donors (Lipinski definition) is 3. The first-order valence-electron chi connectivity index (χ1n) is 8.91. The van der Waals surface area contributed by atoms with E-state index in [4.69, 9.17) is 0 Å². The number of carbonyl (C=O) groups is 1. The molecule has 0 bridgehead atoms. The van der Waals surface area contributed by atoms with Crippen LogP contribution >= 0.6 is 0 Å². The van der Waals surface area contributed by atoms with Gasteiger partial charge in [0.15, 0.2) is 0 Å². The van der Waals surface area contributed by atoms with Crippen molar-refractivity contribution in [1.29, 1.82) is 0 Å². The highest BCUT2D eigenvalue weighted by molar-refractivity contribution is 5.74. The van der Waals surface area contributed by atoms with Gasteiger partial charge in [0.05, 0.1) is 6.61 Å². The van der Waals surface area contributed by atoms with E-state index >= 15 is 0 Å². The molecule has 0 spiro atoms. The number of piperidine rings is 1. The lowest BCUT2D eigenvalue weighted by Crippen LogP contribution is -2.49. The minimum absolute atomic E-state index is 0.0844. The Morgan fingerprint density at radius 3 is 2.73 bits per heavy atom. The van der Waals surface area contributed by atoms with E-state index in [0.29, 0.717) is 0 Å². The minimum atomic E-state index is -0.151. The number of likely N-dealkylation sites (tertiary alicyclic amines) is 1. The molecule has 1 saturated heterocycles. The van der Waals surface area contributed by atoms with Crippen molar-refractivity contribution in [1.82, 2.24) is 15.5 Å². The van der Waals surface area contributed by atoms with Crippen molar-refractivity contribution in [2.24, 2.45) is 11.3 Å². The molecule has 0 aromatic carbocycles. The maximum absolute atomic E-state index is 12.0. The Labute approximate surface area is 134 Å². The molecular weight excluding hydrogens is 278 g/mol. The summed E-state index contributed by atoms with van der Waals surface area (Å²) in [6, 6.07) is 0.0138. The highest BCUT2D eigenvalue weighted by Gasteiger charge is 2.39. The van der Waals surface area contributed by atoms with Crippen LogP contribution in [0.4, 0.5) is 4.79 Å². The average molecular weight is 311 g/mol. The largest absolute Gasteiger partial charge is 0.396 e. The molecule has 2 fully saturated rings. The maximum atomic E-state index is 12.0. The summed E-state index contributed by atoms with van der Waals surface area (Å²) < 4.78 is 0. The van der Waals surface area contributed by atoms with E-state index in [1.807, 2.05) is 0 Å². The Bertz CT molecular complexity index is 356. The summed E-state index contributed by atoms with van der Waals surface area (Å²) in [7, 11) is 0. The van der Waals surface area contributed by atoms with Gasteiger partial charge in [0.1, 0.15) is 0 Å². The molecule has 2 rings (SSSR count). The number of rotatable bonds is 6. The predicted molar refractivity (Wildman–Crippen MR) is 88.8 cm³/mol. The first-order valence-corrected chi connectivity index (χ1v) is 8.91. The van der Waals surface area contributed by atoms with Crippen molar-refractivity contribution < 1.29 is 9.90 Å². The monoisotopic (exact) mass is 311 g/mol. The first-order chi connectivity index (χ1) is 10.5. The molecule has 1 aliphatic heterocycles. The predicted octanol–water partition coefficient (Wildman–Crippen LogP) is 1.96. The van der Waals surface area contributed by atoms with Crippen LogP contribution < -0.4 is 10.6 Å². The second-order valence-electron chi connectivity index (χ2n) is 7.53. The molecule has 5 heteroatoms. The number of carbonyl (C=O) groups excluding carboxylic acids is 1. The van der Waals surface area contributed by atoms with Gasteiger partial charge in [0.2, 0.25) is 0 Å². The number of aliphatic hydroxyl groups excluding tert-OH is 1. The third kappa shape index (κ3) is 4.85. The van der Waals surface area contributed by atoms with Gasteiger partial charge in [-0.1, -0.05) is 20.3 Å². The van der Waals surface area contributed by atoms with E-state index in [1.165, 1.54) is 25.9 Å². The fourth-order valence-corrected chi connectivity index (χ4v) is 3.67. The molecule has 22 heavy (non-hydrogen) atoms. The van der Waals surface area contributed by atoms with E-state index in [2.05, 4.69) is 29.4 Å². The summed E-state index contributed by atoms with van der Waals surface area (Å²) in [5.41, 5.74) is -0.151. The Morgan fingerprint density at radius 1 is 1.32 bits per heavy atom. The smallest absolute Gasteiger partial charge is 0.315 e. The third-order valence-corrected chi connectivity index (χ3v) is 5.56. The molecule has 0 aromatic rings. The van der Waals surface area contributed by atoms with Gasteiger partial charge in [0.25, 0.3) is 0 Å². The lowest BCUT2D eigenvalue weighted by Gasteiger charge is -2.31. The average Bonchev–Trinajstić information content (AvgIpc) is 2.87. The lowest BCUT2D eigenvalue weighted by molar-refractivity contribution is 0.121. The molecule has 0 radical (unpaired) electrons. The van der Waals surface area contributed by atoms with Gasteiger partial charge in [0, 0.05) is 18.0 Å². The van der Waals surface area contributed by atoms with Crippen molar-refractivity contribution in [3.63, 3.8) is 0 Å². The number of nitrogens with zero attached hydrogens (tertiary/aromatic N) is 1. The number of hydrogen-bond acceptors (Lipinski definition) is 3. The van der Waals surface area contributed by atoms with E-state index in [9.17, 15) is 9.90 Å². The Hall–Kier alpha value is -0.810. The Morgan fingerprint density at radius 2 is 2.05 bits per heavy atom. The molecule has 3 N–H and O–H groups in total. The van der Waals surface area contributed by atoms with Gasteiger partial charge in [-0.2, -0.15) is 0 Å². The van der Waals surface area contributed by atoms with Crippen molar-refractivity contribution in [2.45, 2.75) is 58.4 Å². The van der Waals surface area contributed by atoms with Crippen molar-refractivity contribution in [3.8, 4) is 0 Å². The summed E-state index contributed by atoms with van der Waals surface area (Å²) in [6.45, 7) is 8.72.